The molecule has 0 spiro atoms. The third kappa shape index (κ3) is 4.59. The fourth-order valence-corrected chi connectivity index (χ4v) is 3.76. The van der Waals surface area contributed by atoms with E-state index in [1.807, 2.05) is 6.07 Å². The molecule has 1 saturated carbocycles. The molecule has 21 heavy (non-hydrogen) atoms. The van der Waals surface area contributed by atoms with Crippen molar-refractivity contribution in [3.05, 3.63) is 35.9 Å². The zero-order valence-corrected chi connectivity index (χ0v) is 13.3. The van der Waals surface area contributed by atoms with Crippen LogP contribution in [0.2, 0.25) is 0 Å². The molecule has 3 unspecified atom stereocenters. The summed E-state index contributed by atoms with van der Waals surface area (Å²) < 4.78 is 0. The van der Waals surface area contributed by atoms with Gasteiger partial charge in [0, 0.05) is 0 Å². The van der Waals surface area contributed by atoms with Gasteiger partial charge in [0.1, 0.15) is 0 Å². The van der Waals surface area contributed by atoms with Crippen LogP contribution in [0.15, 0.2) is 30.3 Å². The van der Waals surface area contributed by atoms with E-state index in [9.17, 15) is 9.90 Å². The summed E-state index contributed by atoms with van der Waals surface area (Å²) in [6, 6.07) is 10.5. The van der Waals surface area contributed by atoms with Crippen LogP contribution in [0.5, 0.6) is 0 Å². The monoisotopic (exact) mass is 288 g/mol. The van der Waals surface area contributed by atoms with Gasteiger partial charge in [0.15, 0.2) is 0 Å². The van der Waals surface area contributed by atoms with E-state index in [0.29, 0.717) is 17.8 Å². The summed E-state index contributed by atoms with van der Waals surface area (Å²) in [7, 11) is 0. The van der Waals surface area contributed by atoms with Crippen LogP contribution in [-0.4, -0.2) is 11.1 Å². The number of hydrogen-bond donors (Lipinski definition) is 1. The Morgan fingerprint density at radius 2 is 1.95 bits per heavy atom. The van der Waals surface area contributed by atoms with Crippen molar-refractivity contribution in [3.63, 3.8) is 0 Å². The van der Waals surface area contributed by atoms with Crippen molar-refractivity contribution in [1.82, 2.24) is 0 Å². The highest BCUT2D eigenvalue weighted by atomic mass is 16.4. The minimum absolute atomic E-state index is 0.115. The average molecular weight is 288 g/mol. The van der Waals surface area contributed by atoms with Crippen LogP contribution >= 0.6 is 0 Å². The maximum absolute atomic E-state index is 11.5. The Labute approximate surface area is 128 Å². The minimum Gasteiger partial charge on any atom is -0.481 e. The summed E-state index contributed by atoms with van der Waals surface area (Å²) in [6.07, 6.45) is 6.27. The second kappa shape index (κ2) is 7.63. The summed E-state index contributed by atoms with van der Waals surface area (Å²) in [6.45, 7) is 4.54. The molecular weight excluding hydrogens is 260 g/mol. The van der Waals surface area contributed by atoms with Gasteiger partial charge in [0.2, 0.25) is 0 Å². The molecule has 0 radical (unpaired) electrons. The second-order valence-electron chi connectivity index (χ2n) is 6.90. The number of carbonyl (C=O) groups is 1. The number of rotatable bonds is 6. The number of carboxylic acid groups (broad SMARTS) is 1. The third-order valence-electron chi connectivity index (χ3n) is 5.17. The molecule has 1 fully saturated rings. The zero-order chi connectivity index (χ0) is 15.2. The molecule has 1 aliphatic carbocycles. The van der Waals surface area contributed by atoms with Gasteiger partial charge in [-0.1, -0.05) is 44.2 Å². The number of aryl methyl sites for hydroxylation is 1. The molecule has 0 saturated heterocycles. The molecule has 0 amide bonds. The summed E-state index contributed by atoms with van der Waals surface area (Å²) >= 11 is 0. The van der Waals surface area contributed by atoms with Gasteiger partial charge < -0.3 is 5.11 Å². The van der Waals surface area contributed by atoms with Crippen molar-refractivity contribution < 1.29 is 9.90 Å². The largest absolute Gasteiger partial charge is 0.481 e. The Hall–Kier alpha value is -1.31. The van der Waals surface area contributed by atoms with Gasteiger partial charge in [0.25, 0.3) is 0 Å². The van der Waals surface area contributed by atoms with Gasteiger partial charge in [-0.3, -0.25) is 4.79 Å². The molecule has 1 aromatic rings. The molecule has 2 nitrogen and oxygen atoms in total. The van der Waals surface area contributed by atoms with Gasteiger partial charge in [0.05, 0.1) is 5.92 Å². The van der Waals surface area contributed by atoms with Gasteiger partial charge in [-0.05, 0) is 61.8 Å². The molecule has 1 N–H and O–H groups in total. The molecule has 0 bridgehead atoms. The maximum Gasteiger partial charge on any atom is 0.306 e. The van der Waals surface area contributed by atoms with Crippen LogP contribution in [0.1, 0.15) is 51.5 Å². The smallest absolute Gasteiger partial charge is 0.306 e. The first kappa shape index (κ1) is 16.1. The number of benzene rings is 1. The molecule has 1 aliphatic rings. The fraction of sp³-hybridized carbons (Fsp3) is 0.632. The SMILES string of the molecule is CC(C)C1CCC(C(=O)O)C(CCCc2ccccc2)C1. The summed E-state index contributed by atoms with van der Waals surface area (Å²) in [5.41, 5.74) is 1.36. The van der Waals surface area contributed by atoms with Crippen molar-refractivity contribution in [1.29, 1.82) is 0 Å². The van der Waals surface area contributed by atoms with Crippen LogP contribution in [0.4, 0.5) is 0 Å². The molecule has 116 valence electrons. The Kier molecular flexibility index (Phi) is 5.84. The predicted octanol–water partition coefficient (Wildman–Crippen LogP) is 4.78. The van der Waals surface area contributed by atoms with Crippen LogP contribution in [-0.2, 0) is 11.2 Å². The van der Waals surface area contributed by atoms with E-state index in [2.05, 4.69) is 38.1 Å². The first-order valence-corrected chi connectivity index (χ1v) is 8.34. The van der Waals surface area contributed by atoms with Crippen molar-refractivity contribution in [2.45, 2.75) is 52.4 Å². The molecular formula is C19H28O2. The summed E-state index contributed by atoms with van der Waals surface area (Å²) in [5.74, 6) is 1.06. The normalized spacial score (nSPS) is 26.0. The lowest BCUT2D eigenvalue weighted by Gasteiger charge is -2.36. The molecule has 1 aromatic carbocycles. The molecule has 3 atom stereocenters. The Balaban J connectivity index is 1.89. The lowest BCUT2D eigenvalue weighted by Crippen LogP contribution is -2.32. The highest BCUT2D eigenvalue weighted by molar-refractivity contribution is 5.70. The number of hydrogen-bond acceptors (Lipinski definition) is 1. The lowest BCUT2D eigenvalue weighted by molar-refractivity contribution is -0.145. The van der Waals surface area contributed by atoms with E-state index < -0.39 is 5.97 Å². The van der Waals surface area contributed by atoms with Crippen LogP contribution in [0, 0.1) is 23.7 Å². The molecule has 2 rings (SSSR count). The third-order valence-corrected chi connectivity index (χ3v) is 5.17. The predicted molar refractivity (Wildman–Crippen MR) is 86.2 cm³/mol. The zero-order valence-electron chi connectivity index (χ0n) is 13.3. The summed E-state index contributed by atoms with van der Waals surface area (Å²) in [4.78, 5) is 11.5. The Morgan fingerprint density at radius 3 is 2.57 bits per heavy atom. The molecule has 0 aliphatic heterocycles. The van der Waals surface area contributed by atoms with E-state index in [-0.39, 0.29) is 5.92 Å². The minimum atomic E-state index is -0.582. The van der Waals surface area contributed by atoms with Crippen LogP contribution in [0.25, 0.3) is 0 Å². The number of aliphatic carboxylic acids is 1. The van der Waals surface area contributed by atoms with E-state index in [1.54, 1.807) is 0 Å². The van der Waals surface area contributed by atoms with Crippen molar-refractivity contribution in [2.75, 3.05) is 0 Å². The Bertz CT molecular complexity index is 438. The van der Waals surface area contributed by atoms with E-state index in [1.165, 1.54) is 5.56 Å². The molecule has 0 heterocycles. The Morgan fingerprint density at radius 1 is 1.24 bits per heavy atom. The van der Waals surface area contributed by atoms with Gasteiger partial charge >= 0.3 is 5.97 Å². The van der Waals surface area contributed by atoms with E-state index >= 15 is 0 Å². The van der Waals surface area contributed by atoms with Gasteiger partial charge in [-0.25, -0.2) is 0 Å². The number of carboxylic acids is 1. The standard InChI is InChI=1S/C19H28O2/c1-14(2)16-11-12-18(19(20)21)17(13-16)10-6-9-15-7-4-3-5-8-15/h3-5,7-8,14,16-18H,6,9-13H2,1-2H3,(H,20,21). The van der Waals surface area contributed by atoms with Crippen LogP contribution in [0.3, 0.4) is 0 Å². The van der Waals surface area contributed by atoms with Crippen molar-refractivity contribution in [2.24, 2.45) is 23.7 Å². The second-order valence-corrected chi connectivity index (χ2v) is 6.90. The van der Waals surface area contributed by atoms with E-state index in [4.69, 9.17) is 0 Å². The van der Waals surface area contributed by atoms with Gasteiger partial charge in [-0.2, -0.15) is 0 Å². The summed E-state index contributed by atoms with van der Waals surface area (Å²) in [5, 5.41) is 9.45. The maximum atomic E-state index is 11.5. The quantitative estimate of drug-likeness (QED) is 0.817. The average Bonchev–Trinajstić information content (AvgIpc) is 2.48. The van der Waals surface area contributed by atoms with E-state index in [0.717, 1.165) is 38.5 Å². The first-order valence-electron chi connectivity index (χ1n) is 8.34. The van der Waals surface area contributed by atoms with Crippen molar-refractivity contribution in [3.8, 4) is 0 Å². The highest BCUT2D eigenvalue weighted by Crippen LogP contribution is 2.40. The van der Waals surface area contributed by atoms with Crippen molar-refractivity contribution >= 4 is 5.97 Å². The van der Waals surface area contributed by atoms with Crippen LogP contribution < -0.4 is 0 Å². The highest BCUT2D eigenvalue weighted by Gasteiger charge is 2.35. The fourth-order valence-electron chi connectivity index (χ4n) is 3.76. The molecule has 0 aromatic heterocycles. The van der Waals surface area contributed by atoms with Gasteiger partial charge in [-0.15, -0.1) is 0 Å². The molecule has 2 heteroatoms. The lowest BCUT2D eigenvalue weighted by atomic mass is 9.69. The topological polar surface area (TPSA) is 37.3 Å². The first-order chi connectivity index (χ1) is 10.1.